The van der Waals surface area contributed by atoms with E-state index in [4.69, 9.17) is 0 Å². The molecular weight excluding hydrogens is 228 g/mol. The van der Waals surface area contributed by atoms with Crippen molar-refractivity contribution in [3.05, 3.63) is 30.1 Å². The van der Waals surface area contributed by atoms with Gasteiger partial charge in [0.2, 0.25) is 5.91 Å². The molecule has 0 atom stereocenters. The summed E-state index contributed by atoms with van der Waals surface area (Å²) in [6, 6.07) is 5.91. The maximum atomic E-state index is 11.4. The molecule has 5 heteroatoms. The molecule has 0 aliphatic heterocycles. The van der Waals surface area contributed by atoms with Crippen LogP contribution in [0.4, 0.5) is 5.82 Å². The third-order valence-corrected chi connectivity index (χ3v) is 2.66. The highest BCUT2D eigenvalue weighted by atomic mass is 16.1. The van der Waals surface area contributed by atoms with Crippen LogP contribution in [0.15, 0.2) is 24.5 Å². The zero-order chi connectivity index (χ0) is 13.0. The predicted octanol–water partition coefficient (Wildman–Crippen LogP) is 1.49. The van der Waals surface area contributed by atoms with Gasteiger partial charge in [-0.15, -0.1) is 0 Å². The number of aromatic nitrogens is 2. The lowest BCUT2D eigenvalue weighted by atomic mass is 10.1. The molecule has 94 valence electrons. The van der Waals surface area contributed by atoms with Crippen molar-refractivity contribution in [1.82, 2.24) is 15.3 Å². The third kappa shape index (κ3) is 2.56. The summed E-state index contributed by atoms with van der Waals surface area (Å²) in [6.07, 6.45) is 1.51. The Labute approximate surface area is 106 Å². The molecule has 0 aliphatic carbocycles. The largest absolute Gasteiger partial charge is 0.360 e. The molecule has 2 rings (SSSR count). The van der Waals surface area contributed by atoms with E-state index in [0.717, 1.165) is 16.5 Å². The van der Waals surface area contributed by atoms with Gasteiger partial charge in [-0.05, 0) is 25.5 Å². The van der Waals surface area contributed by atoms with E-state index in [1.807, 2.05) is 32.0 Å². The van der Waals surface area contributed by atoms with Gasteiger partial charge in [0.25, 0.3) is 0 Å². The lowest BCUT2D eigenvalue weighted by Crippen LogP contribution is -2.29. The van der Waals surface area contributed by atoms with Crippen molar-refractivity contribution in [1.29, 1.82) is 0 Å². The van der Waals surface area contributed by atoms with Gasteiger partial charge >= 0.3 is 0 Å². The number of nitrogens with zero attached hydrogens (tertiary/aromatic N) is 2. The van der Waals surface area contributed by atoms with Gasteiger partial charge in [-0.25, -0.2) is 9.97 Å². The second-order valence-corrected chi connectivity index (χ2v) is 4.00. The van der Waals surface area contributed by atoms with Crippen LogP contribution >= 0.6 is 0 Å². The van der Waals surface area contributed by atoms with Crippen molar-refractivity contribution in [3.8, 4) is 0 Å². The van der Waals surface area contributed by atoms with Crippen LogP contribution in [-0.2, 0) is 4.79 Å². The molecule has 0 spiro atoms. The van der Waals surface area contributed by atoms with Crippen LogP contribution in [0, 0.1) is 6.92 Å². The van der Waals surface area contributed by atoms with E-state index in [-0.39, 0.29) is 12.5 Å². The van der Waals surface area contributed by atoms with Gasteiger partial charge in [-0.3, -0.25) is 4.79 Å². The number of likely N-dealkylation sites (N-methyl/N-ethyl adjacent to an activating group) is 1. The maximum Gasteiger partial charge on any atom is 0.239 e. The van der Waals surface area contributed by atoms with Crippen LogP contribution in [0.2, 0.25) is 0 Å². The monoisotopic (exact) mass is 244 g/mol. The molecule has 1 amide bonds. The number of carbonyl (C=O) groups excluding carboxylic acids is 1. The quantitative estimate of drug-likeness (QED) is 0.855. The van der Waals surface area contributed by atoms with Crippen LogP contribution in [-0.4, -0.2) is 29.0 Å². The summed E-state index contributed by atoms with van der Waals surface area (Å²) >= 11 is 0. The third-order valence-electron chi connectivity index (χ3n) is 2.66. The lowest BCUT2D eigenvalue weighted by Gasteiger charge is -2.09. The normalized spacial score (nSPS) is 10.3. The summed E-state index contributed by atoms with van der Waals surface area (Å²) in [4.78, 5) is 19.8. The van der Waals surface area contributed by atoms with Gasteiger partial charge in [0.05, 0.1) is 12.1 Å². The number of nitrogens with one attached hydrogen (secondary N) is 2. The van der Waals surface area contributed by atoms with E-state index in [1.165, 1.54) is 6.33 Å². The van der Waals surface area contributed by atoms with Crippen LogP contribution in [0.3, 0.4) is 0 Å². The SMILES string of the molecule is CCNC(=O)CNc1ncnc2c(C)cccc12. The number of aryl methyl sites for hydroxylation is 1. The molecule has 0 saturated heterocycles. The van der Waals surface area contributed by atoms with E-state index in [1.54, 1.807) is 0 Å². The Morgan fingerprint density at radius 1 is 1.33 bits per heavy atom. The Balaban J connectivity index is 2.23. The Morgan fingerprint density at radius 2 is 2.17 bits per heavy atom. The Hall–Kier alpha value is -2.17. The highest BCUT2D eigenvalue weighted by molar-refractivity contribution is 5.92. The smallest absolute Gasteiger partial charge is 0.239 e. The van der Waals surface area contributed by atoms with Gasteiger partial charge in [0.1, 0.15) is 12.1 Å². The number of hydrogen-bond acceptors (Lipinski definition) is 4. The predicted molar refractivity (Wildman–Crippen MR) is 71.4 cm³/mol. The minimum Gasteiger partial charge on any atom is -0.360 e. The molecule has 18 heavy (non-hydrogen) atoms. The van der Waals surface area contributed by atoms with E-state index in [9.17, 15) is 4.79 Å². The second kappa shape index (κ2) is 5.44. The van der Waals surface area contributed by atoms with Crippen molar-refractivity contribution < 1.29 is 4.79 Å². The Morgan fingerprint density at radius 3 is 2.94 bits per heavy atom. The summed E-state index contributed by atoms with van der Waals surface area (Å²) in [5.74, 6) is 0.645. The Kier molecular flexibility index (Phi) is 3.72. The first-order valence-electron chi connectivity index (χ1n) is 5.93. The summed E-state index contributed by atoms with van der Waals surface area (Å²) in [5.41, 5.74) is 2.00. The van der Waals surface area contributed by atoms with Gasteiger partial charge in [-0.1, -0.05) is 12.1 Å². The summed E-state index contributed by atoms with van der Waals surface area (Å²) in [6.45, 7) is 4.74. The molecule has 1 aromatic carbocycles. The molecule has 0 unspecified atom stereocenters. The first-order chi connectivity index (χ1) is 8.72. The number of rotatable bonds is 4. The molecular formula is C13H16N4O. The lowest BCUT2D eigenvalue weighted by molar-refractivity contribution is -0.119. The summed E-state index contributed by atoms with van der Waals surface area (Å²) < 4.78 is 0. The van der Waals surface area contributed by atoms with Crippen LogP contribution in [0.5, 0.6) is 0 Å². The van der Waals surface area contributed by atoms with Gasteiger partial charge < -0.3 is 10.6 Å². The topological polar surface area (TPSA) is 66.9 Å². The molecule has 0 aliphatic rings. The van der Waals surface area contributed by atoms with E-state index in [0.29, 0.717) is 12.4 Å². The van der Waals surface area contributed by atoms with Gasteiger partial charge in [0, 0.05) is 11.9 Å². The second-order valence-electron chi connectivity index (χ2n) is 4.00. The average molecular weight is 244 g/mol. The first-order valence-corrected chi connectivity index (χ1v) is 5.93. The molecule has 0 radical (unpaired) electrons. The van der Waals surface area contributed by atoms with Crippen molar-refractivity contribution in [2.24, 2.45) is 0 Å². The zero-order valence-electron chi connectivity index (χ0n) is 10.5. The fraction of sp³-hybridized carbons (Fsp3) is 0.308. The summed E-state index contributed by atoms with van der Waals surface area (Å²) in [7, 11) is 0. The molecule has 1 heterocycles. The van der Waals surface area contributed by atoms with Crippen molar-refractivity contribution >= 4 is 22.6 Å². The fourth-order valence-electron chi connectivity index (χ4n) is 1.80. The van der Waals surface area contributed by atoms with Crippen molar-refractivity contribution in [2.45, 2.75) is 13.8 Å². The molecule has 0 bridgehead atoms. The number of hydrogen-bond donors (Lipinski definition) is 2. The number of anilines is 1. The number of amides is 1. The first kappa shape index (κ1) is 12.3. The average Bonchev–Trinajstić information content (AvgIpc) is 2.37. The molecule has 5 nitrogen and oxygen atoms in total. The van der Waals surface area contributed by atoms with Crippen LogP contribution < -0.4 is 10.6 Å². The minimum atomic E-state index is -0.0445. The van der Waals surface area contributed by atoms with E-state index < -0.39 is 0 Å². The summed E-state index contributed by atoms with van der Waals surface area (Å²) in [5, 5.41) is 6.70. The number of carbonyl (C=O) groups is 1. The van der Waals surface area contributed by atoms with E-state index in [2.05, 4.69) is 20.6 Å². The number of benzene rings is 1. The van der Waals surface area contributed by atoms with Crippen LogP contribution in [0.25, 0.3) is 10.9 Å². The highest BCUT2D eigenvalue weighted by Gasteiger charge is 2.06. The van der Waals surface area contributed by atoms with Gasteiger partial charge in [-0.2, -0.15) is 0 Å². The molecule has 2 N–H and O–H groups in total. The highest BCUT2D eigenvalue weighted by Crippen LogP contribution is 2.21. The standard InChI is InChI=1S/C13H16N4O/c1-3-14-11(18)7-15-13-10-6-4-5-9(2)12(10)16-8-17-13/h4-6,8H,3,7H2,1-2H3,(H,14,18)(H,15,16,17). The fourth-order valence-corrected chi connectivity index (χ4v) is 1.80. The molecule has 0 saturated carbocycles. The number of para-hydroxylation sites is 1. The van der Waals surface area contributed by atoms with Crippen molar-refractivity contribution in [2.75, 3.05) is 18.4 Å². The Bertz CT molecular complexity index is 568. The van der Waals surface area contributed by atoms with Crippen molar-refractivity contribution in [3.63, 3.8) is 0 Å². The molecule has 0 fully saturated rings. The van der Waals surface area contributed by atoms with E-state index >= 15 is 0 Å². The molecule has 2 aromatic rings. The van der Waals surface area contributed by atoms with Gasteiger partial charge in [0.15, 0.2) is 0 Å². The maximum absolute atomic E-state index is 11.4. The van der Waals surface area contributed by atoms with Crippen LogP contribution in [0.1, 0.15) is 12.5 Å². The minimum absolute atomic E-state index is 0.0445. The number of fused-ring (bicyclic) bond motifs is 1. The molecule has 1 aromatic heterocycles. The zero-order valence-corrected chi connectivity index (χ0v) is 10.5.